The monoisotopic (exact) mass is 375 g/mol. The second-order valence-electron chi connectivity index (χ2n) is 7.14. The Morgan fingerprint density at radius 3 is 1.65 bits per heavy atom. The maximum absolute atomic E-state index is 9.44. The van der Waals surface area contributed by atoms with E-state index in [-0.39, 0.29) is 19.1 Å². The summed E-state index contributed by atoms with van der Waals surface area (Å²) >= 11 is 0. The summed E-state index contributed by atoms with van der Waals surface area (Å²) in [6.45, 7) is 5.93. The summed E-state index contributed by atoms with van der Waals surface area (Å²) in [5.74, 6) is -0.961. The molecule has 0 saturated heterocycles. The van der Waals surface area contributed by atoms with E-state index in [0.717, 1.165) is 19.5 Å². The molecule has 5 heteroatoms. The Balaban J connectivity index is 0. The molecule has 0 aliphatic rings. The Morgan fingerprint density at radius 1 is 0.846 bits per heavy atom. The van der Waals surface area contributed by atoms with Gasteiger partial charge in [-0.05, 0) is 32.9 Å². The third-order valence-corrected chi connectivity index (χ3v) is 4.27. The number of unbranched alkanes of at least 4 members (excludes halogenated alkanes) is 11. The molecule has 0 aliphatic heterocycles. The highest BCUT2D eigenvalue weighted by molar-refractivity contribution is 5.66. The second-order valence-corrected chi connectivity index (χ2v) is 7.14. The number of carboxylic acids is 1. The zero-order valence-electron chi connectivity index (χ0n) is 17.3. The number of hydrogen-bond donors (Lipinski definition) is 4. The smallest absolute Gasteiger partial charge is 0.305 e. The number of rotatable bonds is 18. The van der Waals surface area contributed by atoms with Crippen molar-refractivity contribution < 1.29 is 20.1 Å². The maximum Gasteiger partial charge on any atom is 0.305 e. The van der Waals surface area contributed by atoms with Crippen molar-refractivity contribution in [2.24, 2.45) is 0 Å². The van der Waals surface area contributed by atoms with Crippen LogP contribution in [0.4, 0.5) is 0 Å². The molecule has 158 valence electrons. The second kappa shape index (κ2) is 24.4. The minimum Gasteiger partial charge on any atom is -0.481 e. The van der Waals surface area contributed by atoms with Crippen LogP contribution in [0.5, 0.6) is 0 Å². The predicted molar refractivity (Wildman–Crippen MR) is 110 cm³/mol. The van der Waals surface area contributed by atoms with E-state index in [2.05, 4.69) is 12.2 Å². The highest BCUT2D eigenvalue weighted by Gasteiger charge is 1.95. The molecule has 0 aromatic carbocycles. The number of aliphatic carboxylic acids is 1. The maximum atomic E-state index is 9.44. The molecule has 0 rings (SSSR count). The van der Waals surface area contributed by atoms with Gasteiger partial charge < -0.3 is 20.6 Å². The lowest BCUT2D eigenvalue weighted by Gasteiger charge is -2.06. The van der Waals surface area contributed by atoms with E-state index in [1.807, 2.05) is 6.92 Å². The Hall–Kier alpha value is -0.650. The topological polar surface area (TPSA) is 89.8 Å². The van der Waals surface area contributed by atoms with E-state index >= 15 is 0 Å². The van der Waals surface area contributed by atoms with Crippen molar-refractivity contribution in [2.75, 3.05) is 19.7 Å². The highest BCUT2D eigenvalue weighted by atomic mass is 16.4. The first kappa shape index (κ1) is 27.6. The van der Waals surface area contributed by atoms with Gasteiger partial charge in [0.05, 0.1) is 19.1 Å². The zero-order chi connectivity index (χ0) is 19.9. The van der Waals surface area contributed by atoms with E-state index in [1.54, 1.807) is 0 Å². The fourth-order valence-electron chi connectivity index (χ4n) is 2.62. The minimum absolute atomic E-state index is 0.153. The molecule has 26 heavy (non-hydrogen) atoms. The SMILES string of the molecule is CCCCCCCCCCCCCCNCCC(C)O.O=C(O)CCO. The number of hydrogen-bond acceptors (Lipinski definition) is 4. The van der Waals surface area contributed by atoms with Gasteiger partial charge in [0.25, 0.3) is 0 Å². The lowest BCUT2D eigenvalue weighted by molar-refractivity contribution is -0.137. The molecule has 0 aromatic heterocycles. The predicted octanol–water partition coefficient (Wildman–Crippen LogP) is 4.50. The summed E-state index contributed by atoms with van der Waals surface area (Å²) in [6.07, 6.45) is 17.5. The van der Waals surface area contributed by atoms with Crippen LogP contribution in [0.3, 0.4) is 0 Å². The number of aliphatic hydroxyl groups excluding tert-OH is 2. The summed E-state index contributed by atoms with van der Waals surface area (Å²) in [7, 11) is 0. The molecule has 0 aliphatic carbocycles. The Bertz CT molecular complexity index is 273. The van der Waals surface area contributed by atoms with Crippen LogP contribution in [-0.2, 0) is 4.79 Å². The Morgan fingerprint density at radius 2 is 1.31 bits per heavy atom. The summed E-state index contributed by atoms with van der Waals surface area (Å²) in [4.78, 5) is 9.44. The van der Waals surface area contributed by atoms with Gasteiger partial charge in [0, 0.05) is 0 Å². The quantitative estimate of drug-likeness (QED) is 0.265. The molecule has 1 atom stereocenters. The van der Waals surface area contributed by atoms with E-state index < -0.39 is 5.97 Å². The van der Waals surface area contributed by atoms with Gasteiger partial charge in [-0.1, -0.05) is 77.6 Å². The summed E-state index contributed by atoms with van der Waals surface area (Å²) in [6, 6.07) is 0. The molecule has 5 nitrogen and oxygen atoms in total. The fraction of sp³-hybridized carbons (Fsp3) is 0.952. The van der Waals surface area contributed by atoms with Crippen LogP contribution in [0.15, 0.2) is 0 Å². The molecule has 0 radical (unpaired) electrons. The largest absolute Gasteiger partial charge is 0.481 e. The first-order chi connectivity index (χ1) is 12.5. The van der Waals surface area contributed by atoms with Gasteiger partial charge in [0.1, 0.15) is 0 Å². The number of carboxylic acid groups (broad SMARTS) is 1. The molecule has 0 amide bonds. The van der Waals surface area contributed by atoms with Crippen LogP contribution in [0.25, 0.3) is 0 Å². The molecule has 4 N–H and O–H groups in total. The molecular formula is C21H45NO4. The van der Waals surface area contributed by atoms with Crippen molar-refractivity contribution in [1.29, 1.82) is 0 Å². The molecular weight excluding hydrogens is 330 g/mol. The number of carbonyl (C=O) groups is 1. The average Bonchev–Trinajstić information content (AvgIpc) is 2.58. The van der Waals surface area contributed by atoms with Crippen molar-refractivity contribution in [3.05, 3.63) is 0 Å². The number of nitrogens with one attached hydrogen (secondary N) is 1. The lowest BCUT2D eigenvalue weighted by Crippen LogP contribution is -2.20. The summed E-state index contributed by atoms with van der Waals surface area (Å²) in [5, 5.41) is 28.1. The van der Waals surface area contributed by atoms with E-state index in [4.69, 9.17) is 15.3 Å². The van der Waals surface area contributed by atoms with E-state index in [1.165, 1.54) is 77.0 Å². The summed E-state index contributed by atoms with van der Waals surface area (Å²) < 4.78 is 0. The molecule has 0 bridgehead atoms. The van der Waals surface area contributed by atoms with Crippen molar-refractivity contribution >= 4 is 5.97 Å². The minimum atomic E-state index is -0.961. The standard InChI is InChI=1S/C18H39NO.C3H6O3/c1-3-4-5-6-7-8-9-10-11-12-13-14-16-19-17-15-18(2)20;4-2-1-3(5)6/h18-20H,3-17H2,1-2H3;4H,1-2H2,(H,5,6). The molecule has 0 spiro atoms. The third-order valence-electron chi connectivity index (χ3n) is 4.27. The van der Waals surface area contributed by atoms with Gasteiger partial charge in [0.2, 0.25) is 0 Å². The van der Waals surface area contributed by atoms with Gasteiger partial charge in [-0.15, -0.1) is 0 Å². The van der Waals surface area contributed by atoms with Gasteiger partial charge in [-0.3, -0.25) is 4.79 Å². The third kappa shape index (κ3) is 31.2. The van der Waals surface area contributed by atoms with Crippen molar-refractivity contribution in [1.82, 2.24) is 5.32 Å². The lowest BCUT2D eigenvalue weighted by atomic mass is 10.1. The van der Waals surface area contributed by atoms with Crippen LogP contribution < -0.4 is 5.32 Å². The first-order valence-electron chi connectivity index (χ1n) is 10.8. The number of aliphatic hydroxyl groups is 2. The Labute approximate surface area is 161 Å². The van der Waals surface area contributed by atoms with Gasteiger partial charge in [0.15, 0.2) is 0 Å². The van der Waals surface area contributed by atoms with Gasteiger partial charge >= 0.3 is 5.97 Å². The van der Waals surface area contributed by atoms with Gasteiger partial charge in [-0.25, -0.2) is 0 Å². The van der Waals surface area contributed by atoms with Crippen molar-refractivity contribution in [3.8, 4) is 0 Å². The molecule has 0 heterocycles. The molecule has 0 fully saturated rings. The first-order valence-corrected chi connectivity index (χ1v) is 10.8. The zero-order valence-corrected chi connectivity index (χ0v) is 17.3. The fourth-order valence-corrected chi connectivity index (χ4v) is 2.62. The molecule has 0 saturated carbocycles. The molecule has 0 aromatic rings. The summed E-state index contributed by atoms with van der Waals surface area (Å²) in [5.41, 5.74) is 0. The molecule has 1 unspecified atom stereocenters. The van der Waals surface area contributed by atoms with E-state index in [0.29, 0.717) is 0 Å². The van der Waals surface area contributed by atoms with Crippen LogP contribution in [0.2, 0.25) is 0 Å². The van der Waals surface area contributed by atoms with Crippen LogP contribution >= 0.6 is 0 Å². The van der Waals surface area contributed by atoms with E-state index in [9.17, 15) is 4.79 Å². The van der Waals surface area contributed by atoms with Crippen LogP contribution in [0, 0.1) is 0 Å². The normalized spacial score (nSPS) is 11.7. The average molecular weight is 376 g/mol. The van der Waals surface area contributed by atoms with Crippen LogP contribution in [-0.4, -0.2) is 47.1 Å². The van der Waals surface area contributed by atoms with Crippen molar-refractivity contribution in [3.63, 3.8) is 0 Å². The van der Waals surface area contributed by atoms with Crippen LogP contribution in [0.1, 0.15) is 104 Å². The van der Waals surface area contributed by atoms with Crippen molar-refractivity contribution in [2.45, 2.75) is 110 Å². The Kier molecular flexibility index (Phi) is 25.8. The highest BCUT2D eigenvalue weighted by Crippen LogP contribution is 2.11. The van der Waals surface area contributed by atoms with Gasteiger partial charge in [-0.2, -0.15) is 0 Å².